The van der Waals surface area contributed by atoms with E-state index in [1.165, 1.54) is 6.26 Å². The number of hydrogen-bond donors (Lipinski definition) is 2. The van der Waals surface area contributed by atoms with E-state index in [1.807, 2.05) is 0 Å². The third kappa shape index (κ3) is 3.92. The molecule has 7 heteroatoms. The summed E-state index contributed by atoms with van der Waals surface area (Å²) < 4.78 is 6.81. The van der Waals surface area contributed by atoms with Crippen LogP contribution in [0.5, 0.6) is 0 Å². The minimum atomic E-state index is -1.20. The van der Waals surface area contributed by atoms with E-state index in [0.717, 1.165) is 0 Å². The first kappa shape index (κ1) is 14.3. The van der Waals surface area contributed by atoms with Crippen LogP contribution in [-0.2, 0) is 16.9 Å². The normalized spacial score (nSPS) is 13.9. The van der Waals surface area contributed by atoms with Crippen LogP contribution >= 0.6 is 0 Å². The maximum Gasteiger partial charge on any atom is 0.220 e. The number of hydrogen-bond acceptors (Lipinski definition) is 5. The first-order valence-corrected chi connectivity index (χ1v) is 6.45. The molecule has 1 atom stereocenters. The van der Waals surface area contributed by atoms with Crippen LogP contribution in [0.1, 0.15) is 25.5 Å². The van der Waals surface area contributed by atoms with Crippen LogP contribution in [0.2, 0.25) is 0 Å². The van der Waals surface area contributed by atoms with Crippen molar-refractivity contribution in [2.24, 2.45) is 0 Å². The van der Waals surface area contributed by atoms with Gasteiger partial charge in [-0.25, -0.2) is 0 Å². The smallest absolute Gasteiger partial charge is 0.220 e. The lowest BCUT2D eigenvalue weighted by molar-refractivity contribution is -0.122. The fourth-order valence-corrected chi connectivity index (χ4v) is 1.78. The Kier molecular flexibility index (Phi) is 4.52. The first-order chi connectivity index (χ1) is 9.58. The average molecular weight is 278 g/mol. The largest absolute Gasteiger partial charge is 0.466 e. The summed E-state index contributed by atoms with van der Waals surface area (Å²) in [6.45, 7) is 2.35. The van der Waals surface area contributed by atoms with Gasteiger partial charge in [-0.3, -0.25) is 9.48 Å². The van der Waals surface area contributed by atoms with Crippen molar-refractivity contribution in [2.75, 3.05) is 6.54 Å². The Morgan fingerprint density at radius 3 is 3.10 bits per heavy atom. The minimum Gasteiger partial charge on any atom is -0.466 e. The van der Waals surface area contributed by atoms with Gasteiger partial charge >= 0.3 is 0 Å². The van der Waals surface area contributed by atoms with Crippen LogP contribution in [0.25, 0.3) is 0 Å². The van der Waals surface area contributed by atoms with Gasteiger partial charge in [-0.15, -0.1) is 5.10 Å². The summed E-state index contributed by atoms with van der Waals surface area (Å²) in [5, 5.41) is 20.4. The van der Waals surface area contributed by atoms with Gasteiger partial charge in [-0.05, 0) is 25.5 Å². The number of amides is 1. The number of carbonyl (C=O) groups is 1. The number of nitrogens with one attached hydrogen (secondary N) is 1. The van der Waals surface area contributed by atoms with Gasteiger partial charge in [0, 0.05) is 19.2 Å². The Bertz CT molecular complexity index is 520. The third-order valence-corrected chi connectivity index (χ3v) is 2.94. The summed E-state index contributed by atoms with van der Waals surface area (Å²) in [6, 6.07) is 3.38. The molecule has 0 aliphatic rings. The molecule has 1 unspecified atom stereocenters. The number of aromatic nitrogens is 3. The molecule has 0 fully saturated rings. The molecular formula is C13H18N4O3. The van der Waals surface area contributed by atoms with Crippen LogP contribution in [0.4, 0.5) is 0 Å². The highest BCUT2D eigenvalue weighted by atomic mass is 16.4. The van der Waals surface area contributed by atoms with Gasteiger partial charge in [0.2, 0.25) is 5.91 Å². The number of furan rings is 1. The molecule has 2 heterocycles. The Morgan fingerprint density at radius 1 is 1.60 bits per heavy atom. The van der Waals surface area contributed by atoms with E-state index in [-0.39, 0.29) is 12.5 Å². The van der Waals surface area contributed by atoms with E-state index in [0.29, 0.717) is 25.1 Å². The summed E-state index contributed by atoms with van der Waals surface area (Å²) in [6.07, 6.45) is 5.87. The van der Waals surface area contributed by atoms with E-state index in [2.05, 4.69) is 15.6 Å². The monoisotopic (exact) mass is 278 g/mol. The fraction of sp³-hybridized carbons (Fsp3) is 0.462. The molecule has 1 amide bonds. The summed E-state index contributed by atoms with van der Waals surface area (Å²) in [7, 11) is 0. The number of nitrogens with zero attached hydrogens (tertiary/aromatic N) is 3. The Labute approximate surface area is 116 Å². The Morgan fingerprint density at radius 2 is 2.45 bits per heavy atom. The zero-order valence-corrected chi connectivity index (χ0v) is 11.3. The highest BCUT2D eigenvalue weighted by Crippen LogP contribution is 2.19. The van der Waals surface area contributed by atoms with Crippen molar-refractivity contribution in [3.63, 3.8) is 0 Å². The first-order valence-electron chi connectivity index (χ1n) is 6.45. The van der Waals surface area contributed by atoms with Crippen molar-refractivity contribution >= 4 is 5.91 Å². The van der Waals surface area contributed by atoms with Crippen LogP contribution in [0, 0.1) is 0 Å². The second kappa shape index (κ2) is 6.33. The van der Waals surface area contributed by atoms with Crippen molar-refractivity contribution in [3.8, 4) is 0 Å². The molecule has 0 aromatic carbocycles. The zero-order chi connectivity index (χ0) is 14.4. The second-order valence-electron chi connectivity index (χ2n) is 4.80. The van der Waals surface area contributed by atoms with Gasteiger partial charge in [0.25, 0.3) is 0 Å². The van der Waals surface area contributed by atoms with Crippen LogP contribution in [0.15, 0.2) is 35.2 Å². The SMILES string of the molecule is CC(O)(CNC(=O)CCCn1ccnn1)c1ccco1. The lowest BCUT2D eigenvalue weighted by Gasteiger charge is -2.21. The fourth-order valence-electron chi connectivity index (χ4n) is 1.78. The van der Waals surface area contributed by atoms with Crippen molar-refractivity contribution in [1.29, 1.82) is 0 Å². The molecule has 7 nitrogen and oxygen atoms in total. The van der Waals surface area contributed by atoms with Crippen LogP contribution < -0.4 is 5.32 Å². The molecule has 2 aromatic rings. The second-order valence-corrected chi connectivity index (χ2v) is 4.80. The molecule has 108 valence electrons. The van der Waals surface area contributed by atoms with Crippen LogP contribution in [0.3, 0.4) is 0 Å². The van der Waals surface area contributed by atoms with Gasteiger partial charge in [0.15, 0.2) is 0 Å². The Hall–Kier alpha value is -2.15. The zero-order valence-electron chi connectivity index (χ0n) is 11.3. The predicted octanol–water partition coefficient (Wildman–Crippen LogP) is 0.675. The highest BCUT2D eigenvalue weighted by Gasteiger charge is 2.26. The Balaban J connectivity index is 1.69. The standard InChI is InChI=1S/C13H18N4O3/c1-13(19,11-4-3-9-20-11)10-14-12(18)5-2-7-17-8-6-15-16-17/h3-4,6,8-9,19H,2,5,7,10H2,1H3,(H,14,18). The average Bonchev–Trinajstić information content (AvgIpc) is 3.09. The lowest BCUT2D eigenvalue weighted by Crippen LogP contribution is -2.38. The lowest BCUT2D eigenvalue weighted by atomic mass is 10.0. The number of aliphatic hydroxyl groups is 1. The molecule has 0 spiro atoms. The maximum absolute atomic E-state index is 11.7. The number of aryl methyl sites for hydroxylation is 1. The van der Waals surface area contributed by atoms with Crippen molar-refractivity contribution in [2.45, 2.75) is 31.9 Å². The number of carbonyl (C=O) groups excluding carboxylic acids is 1. The predicted molar refractivity (Wildman–Crippen MR) is 70.5 cm³/mol. The molecule has 0 aliphatic heterocycles. The van der Waals surface area contributed by atoms with E-state index >= 15 is 0 Å². The van der Waals surface area contributed by atoms with Crippen LogP contribution in [-0.4, -0.2) is 32.6 Å². The maximum atomic E-state index is 11.7. The van der Waals surface area contributed by atoms with E-state index in [9.17, 15) is 9.90 Å². The quantitative estimate of drug-likeness (QED) is 0.776. The summed E-state index contributed by atoms with van der Waals surface area (Å²) in [5.41, 5.74) is -1.20. The van der Waals surface area contributed by atoms with Crippen molar-refractivity contribution < 1.29 is 14.3 Å². The molecule has 20 heavy (non-hydrogen) atoms. The van der Waals surface area contributed by atoms with Gasteiger partial charge in [0.05, 0.1) is 19.0 Å². The molecule has 0 saturated carbocycles. The topological polar surface area (TPSA) is 93.2 Å². The van der Waals surface area contributed by atoms with Gasteiger partial charge in [-0.1, -0.05) is 5.21 Å². The molecule has 0 bridgehead atoms. The van der Waals surface area contributed by atoms with E-state index < -0.39 is 5.60 Å². The van der Waals surface area contributed by atoms with Crippen molar-refractivity contribution in [3.05, 3.63) is 36.5 Å². The molecule has 0 aliphatic carbocycles. The summed E-state index contributed by atoms with van der Waals surface area (Å²) >= 11 is 0. The molecule has 0 radical (unpaired) electrons. The van der Waals surface area contributed by atoms with Gasteiger partial charge in [0.1, 0.15) is 11.4 Å². The third-order valence-electron chi connectivity index (χ3n) is 2.94. The minimum absolute atomic E-state index is 0.114. The van der Waals surface area contributed by atoms with Gasteiger partial charge in [-0.2, -0.15) is 0 Å². The molecule has 2 aromatic heterocycles. The summed E-state index contributed by atoms with van der Waals surface area (Å²) in [5.74, 6) is 0.317. The van der Waals surface area contributed by atoms with Crippen molar-refractivity contribution in [1.82, 2.24) is 20.3 Å². The highest BCUT2D eigenvalue weighted by molar-refractivity contribution is 5.75. The summed E-state index contributed by atoms with van der Waals surface area (Å²) in [4.78, 5) is 11.7. The van der Waals surface area contributed by atoms with Gasteiger partial charge < -0.3 is 14.8 Å². The van der Waals surface area contributed by atoms with E-state index in [1.54, 1.807) is 36.1 Å². The number of rotatable bonds is 7. The van der Waals surface area contributed by atoms with E-state index in [4.69, 9.17) is 4.42 Å². The molecule has 0 saturated heterocycles. The molecule has 2 rings (SSSR count). The molecular weight excluding hydrogens is 260 g/mol. The molecule has 2 N–H and O–H groups in total.